The van der Waals surface area contributed by atoms with Crippen molar-refractivity contribution in [1.29, 1.82) is 0 Å². The maximum atomic E-state index is 9.97. The summed E-state index contributed by atoms with van der Waals surface area (Å²) >= 11 is 8.18. The number of hydrogen-bond acceptors (Lipinski definition) is 6. The highest BCUT2D eigenvalue weighted by Crippen LogP contribution is 2.25. The Morgan fingerprint density at radius 3 is 2.73 bits per heavy atom. The molecule has 0 aliphatic carbocycles. The van der Waals surface area contributed by atoms with Gasteiger partial charge in [-0.2, -0.15) is 0 Å². The van der Waals surface area contributed by atoms with E-state index in [0.717, 1.165) is 9.32 Å². The van der Waals surface area contributed by atoms with Crippen LogP contribution in [0, 0.1) is 3.57 Å². The highest BCUT2D eigenvalue weighted by Gasteiger charge is 2.10. The highest BCUT2D eigenvalue weighted by atomic mass is 127. The first kappa shape index (κ1) is 17.0. The average molecular weight is 435 g/mol. The van der Waals surface area contributed by atoms with Gasteiger partial charge in [0.05, 0.1) is 0 Å². The molecule has 0 radical (unpaired) electrons. The third-order valence-electron chi connectivity index (χ3n) is 2.81. The third kappa shape index (κ3) is 4.85. The minimum absolute atomic E-state index is 0.182. The fourth-order valence-electron chi connectivity index (χ4n) is 1.72. The molecule has 1 heterocycles. The van der Waals surface area contributed by atoms with E-state index in [-0.39, 0.29) is 13.2 Å². The smallest absolute Gasteiger partial charge is 0.157 e. The van der Waals surface area contributed by atoms with Gasteiger partial charge in [-0.15, -0.1) is 0 Å². The molecule has 0 spiro atoms. The average Bonchev–Trinajstić information content (AvgIpc) is 2.52. The second-order valence-electron chi connectivity index (χ2n) is 4.44. The minimum atomic E-state index is -0.683. The normalized spacial score (nSPS) is 11.8. The molecule has 0 aliphatic heterocycles. The zero-order chi connectivity index (χ0) is 15.9. The Morgan fingerprint density at radius 2 is 2.05 bits per heavy atom. The fraction of sp³-hybridized carbons (Fsp3) is 0.286. The molecular weight excluding hydrogens is 419 g/mol. The Labute approximate surface area is 147 Å². The van der Waals surface area contributed by atoms with Crippen molar-refractivity contribution in [3.8, 4) is 5.75 Å². The Hall–Kier alpha value is -1.32. The van der Waals surface area contributed by atoms with Crippen LogP contribution in [0.25, 0.3) is 0 Å². The van der Waals surface area contributed by atoms with Crippen molar-refractivity contribution >= 4 is 45.7 Å². The van der Waals surface area contributed by atoms with Crippen molar-refractivity contribution < 1.29 is 9.84 Å². The molecule has 0 saturated carbocycles. The number of rotatable bonds is 7. The van der Waals surface area contributed by atoms with Crippen molar-refractivity contribution in [3.05, 3.63) is 39.3 Å². The predicted molar refractivity (Wildman–Crippen MR) is 95.7 cm³/mol. The summed E-state index contributed by atoms with van der Waals surface area (Å²) in [5, 5.41) is 16.2. The van der Waals surface area contributed by atoms with Gasteiger partial charge in [0.2, 0.25) is 0 Å². The molecule has 0 fully saturated rings. The predicted octanol–water partition coefficient (Wildman–Crippen LogP) is 2.63. The molecule has 1 aromatic carbocycles. The van der Waals surface area contributed by atoms with E-state index in [1.807, 2.05) is 24.3 Å². The summed E-state index contributed by atoms with van der Waals surface area (Å²) in [4.78, 5) is 7.97. The van der Waals surface area contributed by atoms with E-state index in [4.69, 9.17) is 16.3 Å². The lowest BCUT2D eigenvalue weighted by atomic mass is 10.3. The van der Waals surface area contributed by atoms with Crippen LogP contribution in [0.2, 0.25) is 5.15 Å². The summed E-state index contributed by atoms with van der Waals surface area (Å²) in [5.74, 6) is 1.26. The van der Waals surface area contributed by atoms with E-state index >= 15 is 0 Å². The van der Waals surface area contributed by atoms with Crippen molar-refractivity contribution in [2.75, 3.05) is 30.8 Å². The van der Waals surface area contributed by atoms with Crippen LogP contribution < -0.4 is 15.4 Å². The van der Waals surface area contributed by atoms with Gasteiger partial charge in [-0.05, 0) is 46.9 Å². The molecule has 8 heteroatoms. The molecule has 22 heavy (non-hydrogen) atoms. The van der Waals surface area contributed by atoms with Crippen LogP contribution in [0.3, 0.4) is 0 Å². The lowest BCUT2D eigenvalue weighted by molar-refractivity contribution is 0.117. The standard InChI is InChI=1S/C14H16ClIN4O2/c1-17-12-13(15)19-8-20-14(12)18-6-10(21)7-22-11-4-2-9(16)3-5-11/h2-5,8,10,17,21H,6-7H2,1H3,(H,18,19,20). The summed E-state index contributed by atoms with van der Waals surface area (Å²) in [6.07, 6.45) is 0.678. The molecule has 0 amide bonds. The number of nitrogens with zero attached hydrogens (tertiary/aromatic N) is 2. The molecule has 6 nitrogen and oxygen atoms in total. The van der Waals surface area contributed by atoms with Crippen molar-refractivity contribution in [1.82, 2.24) is 9.97 Å². The van der Waals surface area contributed by atoms with Crippen LogP contribution in [0.1, 0.15) is 0 Å². The van der Waals surface area contributed by atoms with Crippen LogP contribution in [0.4, 0.5) is 11.5 Å². The number of hydrogen-bond donors (Lipinski definition) is 3. The lowest BCUT2D eigenvalue weighted by Gasteiger charge is -2.15. The number of benzene rings is 1. The van der Waals surface area contributed by atoms with Gasteiger partial charge in [-0.3, -0.25) is 0 Å². The van der Waals surface area contributed by atoms with Gasteiger partial charge in [-0.1, -0.05) is 11.6 Å². The van der Waals surface area contributed by atoms with Crippen LogP contribution >= 0.6 is 34.2 Å². The summed E-state index contributed by atoms with van der Waals surface area (Å²) in [6.45, 7) is 0.466. The van der Waals surface area contributed by atoms with E-state index in [1.165, 1.54) is 6.33 Å². The lowest BCUT2D eigenvalue weighted by Crippen LogP contribution is -2.27. The second-order valence-corrected chi connectivity index (χ2v) is 6.04. The number of halogens is 2. The van der Waals surface area contributed by atoms with E-state index in [2.05, 4.69) is 43.2 Å². The Morgan fingerprint density at radius 1 is 1.32 bits per heavy atom. The van der Waals surface area contributed by atoms with Gasteiger partial charge in [0.15, 0.2) is 11.0 Å². The summed E-state index contributed by atoms with van der Waals surface area (Å²) in [5.41, 5.74) is 0.593. The van der Waals surface area contributed by atoms with Crippen LogP contribution in [0.15, 0.2) is 30.6 Å². The van der Waals surface area contributed by atoms with Gasteiger partial charge in [-0.25, -0.2) is 9.97 Å². The topological polar surface area (TPSA) is 79.3 Å². The number of ether oxygens (including phenoxy) is 1. The van der Waals surface area contributed by atoms with E-state index < -0.39 is 6.10 Å². The number of nitrogens with one attached hydrogen (secondary N) is 2. The molecule has 0 bridgehead atoms. The Bertz CT molecular complexity index is 612. The zero-order valence-electron chi connectivity index (χ0n) is 11.9. The van der Waals surface area contributed by atoms with Gasteiger partial charge in [0.25, 0.3) is 0 Å². The molecule has 118 valence electrons. The molecule has 0 saturated heterocycles. The van der Waals surface area contributed by atoms with E-state index in [0.29, 0.717) is 16.7 Å². The molecule has 1 aromatic heterocycles. The van der Waals surface area contributed by atoms with Crippen molar-refractivity contribution in [2.24, 2.45) is 0 Å². The van der Waals surface area contributed by atoms with Gasteiger partial charge in [0.1, 0.15) is 30.5 Å². The molecule has 2 aromatic rings. The first-order valence-electron chi connectivity index (χ1n) is 6.58. The summed E-state index contributed by atoms with van der Waals surface area (Å²) in [7, 11) is 1.73. The SMILES string of the molecule is CNc1c(Cl)ncnc1NCC(O)COc1ccc(I)cc1. The van der Waals surface area contributed by atoms with Crippen LogP contribution in [-0.4, -0.2) is 41.4 Å². The van der Waals surface area contributed by atoms with E-state index in [1.54, 1.807) is 7.05 Å². The molecule has 0 aliphatic rings. The van der Waals surface area contributed by atoms with Crippen molar-refractivity contribution in [2.45, 2.75) is 6.10 Å². The van der Waals surface area contributed by atoms with Gasteiger partial charge in [0, 0.05) is 17.2 Å². The molecular formula is C14H16ClIN4O2. The highest BCUT2D eigenvalue weighted by molar-refractivity contribution is 14.1. The molecule has 2 rings (SSSR count). The fourth-order valence-corrected chi connectivity index (χ4v) is 2.30. The van der Waals surface area contributed by atoms with Gasteiger partial charge >= 0.3 is 0 Å². The van der Waals surface area contributed by atoms with E-state index in [9.17, 15) is 5.11 Å². The Kier molecular flexibility index (Phi) is 6.47. The Balaban J connectivity index is 1.84. The third-order valence-corrected chi connectivity index (χ3v) is 3.82. The second kappa shape index (κ2) is 8.35. The first-order chi connectivity index (χ1) is 10.6. The molecule has 3 N–H and O–H groups in total. The summed E-state index contributed by atoms with van der Waals surface area (Å²) < 4.78 is 6.66. The molecule has 1 unspecified atom stereocenters. The minimum Gasteiger partial charge on any atom is -0.491 e. The monoisotopic (exact) mass is 434 g/mol. The number of aliphatic hydroxyl groups is 1. The van der Waals surface area contributed by atoms with Crippen LogP contribution in [0.5, 0.6) is 5.75 Å². The quantitative estimate of drug-likeness (QED) is 0.459. The first-order valence-corrected chi connectivity index (χ1v) is 8.04. The van der Waals surface area contributed by atoms with Crippen molar-refractivity contribution in [3.63, 3.8) is 0 Å². The van der Waals surface area contributed by atoms with Gasteiger partial charge < -0.3 is 20.5 Å². The maximum absolute atomic E-state index is 9.97. The largest absolute Gasteiger partial charge is 0.491 e. The summed E-state index contributed by atoms with van der Waals surface area (Å²) in [6, 6.07) is 7.63. The number of aliphatic hydroxyl groups excluding tert-OH is 1. The maximum Gasteiger partial charge on any atom is 0.157 e. The molecule has 1 atom stereocenters. The van der Waals surface area contributed by atoms with Crippen LogP contribution in [-0.2, 0) is 0 Å². The number of aromatic nitrogens is 2. The zero-order valence-corrected chi connectivity index (χ0v) is 14.8. The number of anilines is 2.